The third kappa shape index (κ3) is 4.28. The largest absolute Gasteiger partial charge is 0.354 e. The highest BCUT2D eigenvalue weighted by molar-refractivity contribution is 5.90. The second-order valence-corrected chi connectivity index (χ2v) is 6.83. The van der Waals surface area contributed by atoms with E-state index in [0.29, 0.717) is 19.1 Å². The van der Waals surface area contributed by atoms with E-state index in [9.17, 15) is 9.59 Å². The van der Waals surface area contributed by atoms with E-state index >= 15 is 0 Å². The molecule has 5 heteroatoms. The minimum absolute atomic E-state index is 0.0604. The highest BCUT2D eigenvalue weighted by Gasteiger charge is 2.37. The molecule has 1 atom stereocenters. The van der Waals surface area contributed by atoms with E-state index in [0.717, 1.165) is 25.7 Å². The number of hydrogen-bond donors (Lipinski definition) is 2. The summed E-state index contributed by atoms with van der Waals surface area (Å²) in [7, 11) is 0. The molecule has 0 spiro atoms. The molecule has 1 saturated carbocycles. The molecule has 1 saturated heterocycles. The Balaban J connectivity index is 1.40. The molecule has 3 rings (SSSR count). The lowest BCUT2D eigenvalue weighted by atomic mass is 9.94. The van der Waals surface area contributed by atoms with Gasteiger partial charge in [0.2, 0.25) is 5.91 Å². The van der Waals surface area contributed by atoms with Crippen molar-refractivity contribution in [2.24, 2.45) is 0 Å². The van der Waals surface area contributed by atoms with Crippen molar-refractivity contribution in [3.8, 4) is 0 Å². The summed E-state index contributed by atoms with van der Waals surface area (Å²) in [5, 5.41) is 5.79. The Morgan fingerprint density at radius 1 is 1.17 bits per heavy atom. The lowest BCUT2D eigenvalue weighted by molar-refractivity contribution is -0.122. The molecule has 130 valence electrons. The first-order chi connectivity index (χ1) is 11.7. The summed E-state index contributed by atoms with van der Waals surface area (Å²) in [4.78, 5) is 26.3. The van der Waals surface area contributed by atoms with Gasteiger partial charge in [-0.1, -0.05) is 49.6 Å². The van der Waals surface area contributed by atoms with E-state index in [4.69, 9.17) is 0 Å². The summed E-state index contributed by atoms with van der Waals surface area (Å²) >= 11 is 0. The zero-order valence-corrected chi connectivity index (χ0v) is 14.2. The standard InChI is InChI=1S/C19H27N3O2/c23-18(20-13-7-10-15-8-3-1-4-9-15)17-14-22(19(24)21-17)16-11-5-2-6-12-16/h1,3-4,8-9,16-17H,2,5-7,10-14H2,(H,20,23)(H,21,24). The van der Waals surface area contributed by atoms with Gasteiger partial charge in [-0.05, 0) is 31.2 Å². The predicted molar refractivity (Wildman–Crippen MR) is 93.7 cm³/mol. The molecule has 0 bridgehead atoms. The molecule has 2 aliphatic rings. The molecule has 3 amide bonds. The predicted octanol–water partition coefficient (Wildman–Crippen LogP) is 2.46. The van der Waals surface area contributed by atoms with Crippen LogP contribution in [0.3, 0.4) is 0 Å². The van der Waals surface area contributed by atoms with Crippen LogP contribution in [0.1, 0.15) is 44.1 Å². The number of rotatable bonds is 6. The second-order valence-electron chi connectivity index (χ2n) is 6.83. The second kappa shape index (κ2) is 8.18. The fourth-order valence-corrected chi connectivity index (χ4v) is 3.69. The van der Waals surface area contributed by atoms with Crippen LogP contribution >= 0.6 is 0 Å². The molecule has 24 heavy (non-hydrogen) atoms. The Bertz CT molecular complexity index is 555. The zero-order valence-electron chi connectivity index (χ0n) is 14.2. The number of hydrogen-bond acceptors (Lipinski definition) is 2. The minimum atomic E-state index is -0.406. The lowest BCUT2D eigenvalue weighted by Gasteiger charge is -2.30. The van der Waals surface area contributed by atoms with Crippen LogP contribution < -0.4 is 10.6 Å². The van der Waals surface area contributed by atoms with Crippen LogP contribution in [0.25, 0.3) is 0 Å². The summed E-state index contributed by atoms with van der Waals surface area (Å²) in [6.07, 6.45) is 7.62. The topological polar surface area (TPSA) is 61.4 Å². The summed E-state index contributed by atoms with van der Waals surface area (Å²) < 4.78 is 0. The van der Waals surface area contributed by atoms with Crippen molar-refractivity contribution >= 4 is 11.9 Å². The highest BCUT2D eigenvalue weighted by atomic mass is 16.2. The maximum Gasteiger partial charge on any atom is 0.318 e. The zero-order chi connectivity index (χ0) is 16.8. The molecule has 5 nitrogen and oxygen atoms in total. The molecule has 1 heterocycles. The first kappa shape index (κ1) is 16.8. The Labute approximate surface area is 143 Å². The lowest BCUT2D eigenvalue weighted by Crippen LogP contribution is -2.43. The van der Waals surface area contributed by atoms with Gasteiger partial charge in [0.15, 0.2) is 0 Å². The summed E-state index contributed by atoms with van der Waals surface area (Å²) in [5.74, 6) is -0.0604. The number of carbonyl (C=O) groups is 2. The van der Waals surface area contributed by atoms with E-state index in [-0.39, 0.29) is 11.9 Å². The monoisotopic (exact) mass is 329 g/mol. The Kier molecular flexibility index (Phi) is 5.72. The maximum atomic E-state index is 12.3. The number of benzene rings is 1. The van der Waals surface area contributed by atoms with E-state index in [1.807, 2.05) is 23.1 Å². The molecule has 0 aromatic heterocycles. The number of nitrogens with one attached hydrogen (secondary N) is 2. The fourth-order valence-electron chi connectivity index (χ4n) is 3.69. The van der Waals surface area contributed by atoms with Gasteiger partial charge in [0, 0.05) is 12.6 Å². The van der Waals surface area contributed by atoms with Crippen molar-refractivity contribution in [2.45, 2.75) is 57.0 Å². The molecule has 0 radical (unpaired) electrons. The van der Waals surface area contributed by atoms with Crippen molar-refractivity contribution in [3.05, 3.63) is 35.9 Å². The SMILES string of the molecule is O=C(NCCCc1ccccc1)C1CN(C2CCCCC2)C(=O)N1. The number of nitrogens with zero attached hydrogens (tertiary/aromatic N) is 1. The van der Waals surface area contributed by atoms with Crippen LogP contribution in [0.15, 0.2) is 30.3 Å². The number of aryl methyl sites for hydroxylation is 1. The van der Waals surface area contributed by atoms with E-state index in [2.05, 4.69) is 22.8 Å². The van der Waals surface area contributed by atoms with Gasteiger partial charge in [0.25, 0.3) is 0 Å². The van der Waals surface area contributed by atoms with Gasteiger partial charge in [0.1, 0.15) is 6.04 Å². The highest BCUT2D eigenvalue weighted by Crippen LogP contribution is 2.24. The van der Waals surface area contributed by atoms with E-state index < -0.39 is 6.04 Å². The molecule has 2 fully saturated rings. The number of urea groups is 1. The van der Waals surface area contributed by atoms with Gasteiger partial charge >= 0.3 is 6.03 Å². The average molecular weight is 329 g/mol. The van der Waals surface area contributed by atoms with Gasteiger partial charge in [-0.15, -0.1) is 0 Å². The Morgan fingerprint density at radius 2 is 1.92 bits per heavy atom. The molecular formula is C19H27N3O2. The molecule has 1 unspecified atom stereocenters. The first-order valence-electron chi connectivity index (χ1n) is 9.13. The van der Waals surface area contributed by atoms with Crippen LogP contribution in [-0.4, -0.2) is 42.0 Å². The minimum Gasteiger partial charge on any atom is -0.354 e. The van der Waals surface area contributed by atoms with Gasteiger partial charge in [0.05, 0.1) is 6.54 Å². The van der Waals surface area contributed by atoms with E-state index in [1.54, 1.807) is 0 Å². The fraction of sp³-hybridized carbons (Fsp3) is 0.579. The van der Waals surface area contributed by atoms with Crippen LogP contribution in [0.4, 0.5) is 4.79 Å². The summed E-state index contributed by atoms with van der Waals surface area (Å²) in [5.41, 5.74) is 1.28. The average Bonchev–Trinajstić information content (AvgIpc) is 3.02. The summed E-state index contributed by atoms with van der Waals surface area (Å²) in [6.45, 7) is 1.15. The Hall–Kier alpha value is -2.04. The third-order valence-corrected chi connectivity index (χ3v) is 5.05. The molecule has 1 aromatic rings. The Morgan fingerprint density at radius 3 is 2.67 bits per heavy atom. The normalized spacial score (nSPS) is 21.6. The van der Waals surface area contributed by atoms with Crippen molar-refractivity contribution in [3.63, 3.8) is 0 Å². The number of carbonyl (C=O) groups excluding carboxylic acids is 2. The van der Waals surface area contributed by atoms with Gasteiger partial charge in [-0.3, -0.25) is 4.79 Å². The van der Waals surface area contributed by atoms with Crippen LogP contribution in [-0.2, 0) is 11.2 Å². The van der Waals surface area contributed by atoms with Crippen molar-refractivity contribution in [1.29, 1.82) is 0 Å². The molecule has 1 aliphatic heterocycles. The van der Waals surface area contributed by atoms with Crippen molar-refractivity contribution < 1.29 is 9.59 Å². The van der Waals surface area contributed by atoms with Gasteiger partial charge in [-0.25, -0.2) is 4.79 Å². The van der Waals surface area contributed by atoms with Gasteiger partial charge < -0.3 is 15.5 Å². The maximum absolute atomic E-state index is 12.3. The van der Waals surface area contributed by atoms with E-state index in [1.165, 1.54) is 24.8 Å². The van der Waals surface area contributed by atoms with Crippen LogP contribution in [0, 0.1) is 0 Å². The smallest absolute Gasteiger partial charge is 0.318 e. The molecule has 1 aliphatic carbocycles. The van der Waals surface area contributed by atoms with Crippen LogP contribution in [0.2, 0.25) is 0 Å². The molecule has 1 aromatic carbocycles. The molecule has 2 N–H and O–H groups in total. The number of amides is 3. The first-order valence-corrected chi connectivity index (χ1v) is 9.13. The van der Waals surface area contributed by atoms with Gasteiger partial charge in [-0.2, -0.15) is 0 Å². The molecular weight excluding hydrogens is 302 g/mol. The van der Waals surface area contributed by atoms with Crippen molar-refractivity contribution in [1.82, 2.24) is 15.5 Å². The quantitative estimate of drug-likeness (QED) is 0.788. The third-order valence-electron chi connectivity index (χ3n) is 5.05. The van der Waals surface area contributed by atoms with Crippen LogP contribution in [0.5, 0.6) is 0 Å². The summed E-state index contributed by atoms with van der Waals surface area (Å²) in [6, 6.07) is 10.1. The van der Waals surface area contributed by atoms with Crippen molar-refractivity contribution in [2.75, 3.05) is 13.1 Å².